The average Bonchev–Trinajstić information content (AvgIpc) is 3.43. The first-order chi connectivity index (χ1) is 14.6. The minimum atomic E-state index is -0.0145. The largest absolute Gasteiger partial charge is 0.396 e. The SMILES string of the molecule is Cc1cc(-n2ccc(-c3nccs3)n2)c(CCO)c(Nc2ccc(C#N)cc2C)n1. The van der Waals surface area contributed by atoms with Crippen molar-refractivity contribution in [2.75, 3.05) is 11.9 Å². The highest BCUT2D eigenvalue weighted by molar-refractivity contribution is 7.13. The Hall–Kier alpha value is -3.54. The molecular formula is C22H20N6OS. The number of rotatable bonds is 6. The molecule has 0 unspecified atom stereocenters. The van der Waals surface area contributed by atoms with Crippen molar-refractivity contribution < 1.29 is 5.11 Å². The number of nitrogens with zero attached hydrogens (tertiary/aromatic N) is 5. The minimum Gasteiger partial charge on any atom is -0.396 e. The molecule has 0 atom stereocenters. The fraction of sp³-hybridized carbons (Fsp3) is 0.182. The van der Waals surface area contributed by atoms with Gasteiger partial charge in [0.15, 0.2) is 0 Å². The van der Waals surface area contributed by atoms with Gasteiger partial charge in [-0.25, -0.2) is 14.6 Å². The molecule has 4 aromatic rings. The summed E-state index contributed by atoms with van der Waals surface area (Å²) in [5.74, 6) is 0.665. The fourth-order valence-corrected chi connectivity index (χ4v) is 3.87. The number of aliphatic hydroxyl groups excluding tert-OH is 1. The molecule has 1 aromatic carbocycles. The van der Waals surface area contributed by atoms with Crippen LogP contribution in [0.5, 0.6) is 0 Å². The number of aromatic nitrogens is 4. The molecule has 30 heavy (non-hydrogen) atoms. The van der Waals surface area contributed by atoms with Crippen molar-refractivity contribution in [3.8, 4) is 22.5 Å². The van der Waals surface area contributed by atoms with E-state index in [4.69, 9.17) is 5.26 Å². The number of nitriles is 1. The van der Waals surface area contributed by atoms with E-state index >= 15 is 0 Å². The number of nitrogens with one attached hydrogen (secondary N) is 1. The molecule has 0 aliphatic heterocycles. The van der Waals surface area contributed by atoms with Crippen LogP contribution in [0.25, 0.3) is 16.4 Å². The Bertz CT molecular complexity index is 1220. The van der Waals surface area contributed by atoms with Crippen molar-refractivity contribution in [2.24, 2.45) is 0 Å². The number of aryl methyl sites for hydroxylation is 2. The van der Waals surface area contributed by atoms with E-state index in [1.54, 1.807) is 16.9 Å². The molecule has 0 bridgehead atoms. The van der Waals surface area contributed by atoms with Crippen LogP contribution in [0.4, 0.5) is 11.5 Å². The Balaban J connectivity index is 1.77. The highest BCUT2D eigenvalue weighted by Crippen LogP contribution is 2.29. The summed E-state index contributed by atoms with van der Waals surface area (Å²) < 4.78 is 1.80. The maximum Gasteiger partial charge on any atom is 0.143 e. The Labute approximate surface area is 178 Å². The lowest BCUT2D eigenvalue weighted by molar-refractivity contribution is 0.299. The Morgan fingerprint density at radius 2 is 2.10 bits per heavy atom. The molecule has 0 radical (unpaired) electrons. The molecule has 2 N–H and O–H groups in total. The third-order valence-corrected chi connectivity index (χ3v) is 5.48. The smallest absolute Gasteiger partial charge is 0.143 e. The molecule has 0 spiro atoms. The van der Waals surface area contributed by atoms with Gasteiger partial charge in [-0.1, -0.05) is 0 Å². The van der Waals surface area contributed by atoms with Crippen LogP contribution in [0.3, 0.4) is 0 Å². The molecule has 0 saturated carbocycles. The Morgan fingerprint density at radius 3 is 2.80 bits per heavy atom. The maximum atomic E-state index is 9.70. The summed E-state index contributed by atoms with van der Waals surface area (Å²) in [4.78, 5) is 9.00. The van der Waals surface area contributed by atoms with Gasteiger partial charge in [-0.2, -0.15) is 10.4 Å². The number of anilines is 2. The van der Waals surface area contributed by atoms with E-state index in [-0.39, 0.29) is 6.61 Å². The average molecular weight is 417 g/mol. The van der Waals surface area contributed by atoms with Gasteiger partial charge in [-0.05, 0) is 49.7 Å². The molecule has 150 valence electrons. The maximum absolute atomic E-state index is 9.70. The number of thiazole rings is 1. The summed E-state index contributed by atoms with van der Waals surface area (Å²) in [6.07, 6.45) is 4.07. The van der Waals surface area contributed by atoms with Crippen LogP contribution in [0.2, 0.25) is 0 Å². The molecular weight excluding hydrogens is 396 g/mol. The summed E-state index contributed by atoms with van der Waals surface area (Å²) in [6.45, 7) is 3.85. The summed E-state index contributed by atoms with van der Waals surface area (Å²) in [5, 5.41) is 29.6. The zero-order valence-corrected chi connectivity index (χ0v) is 17.4. The number of pyridine rings is 1. The lowest BCUT2D eigenvalue weighted by atomic mass is 10.1. The molecule has 3 aromatic heterocycles. The van der Waals surface area contributed by atoms with Crippen molar-refractivity contribution in [3.05, 3.63) is 70.5 Å². The lowest BCUT2D eigenvalue weighted by Gasteiger charge is -2.17. The summed E-state index contributed by atoms with van der Waals surface area (Å²) in [5.41, 5.74) is 5.76. The van der Waals surface area contributed by atoms with Crippen molar-refractivity contribution in [2.45, 2.75) is 20.3 Å². The second kappa shape index (κ2) is 8.45. The van der Waals surface area contributed by atoms with Crippen molar-refractivity contribution in [1.29, 1.82) is 5.26 Å². The zero-order chi connectivity index (χ0) is 21.1. The van der Waals surface area contributed by atoms with Crippen LogP contribution in [-0.4, -0.2) is 31.5 Å². The highest BCUT2D eigenvalue weighted by Gasteiger charge is 2.16. The summed E-state index contributed by atoms with van der Waals surface area (Å²) in [7, 11) is 0. The third-order valence-electron chi connectivity index (χ3n) is 4.69. The van der Waals surface area contributed by atoms with Crippen LogP contribution in [0.15, 0.2) is 48.1 Å². The van der Waals surface area contributed by atoms with E-state index in [2.05, 4.69) is 26.5 Å². The Kier molecular flexibility index (Phi) is 5.57. The van der Waals surface area contributed by atoms with Gasteiger partial charge in [0.2, 0.25) is 0 Å². The van der Waals surface area contributed by atoms with E-state index in [0.717, 1.165) is 38.9 Å². The van der Waals surface area contributed by atoms with E-state index in [1.165, 1.54) is 11.3 Å². The summed E-state index contributed by atoms with van der Waals surface area (Å²) >= 11 is 1.54. The lowest BCUT2D eigenvalue weighted by Crippen LogP contribution is -2.10. The topological polar surface area (TPSA) is 99.6 Å². The standard InChI is InChI=1S/C22H20N6OS/c1-14-11-16(13-23)3-4-18(14)26-21-17(6-9-29)20(12-15(2)25-21)28-8-5-19(27-28)22-24-7-10-30-22/h3-5,7-8,10-12,29H,6,9H2,1-2H3,(H,25,26). The quantitative estimate of drug-likeness (QED) is 0.490. The normalized spacial score (nSPS) is 10.7. The molecule has 0 aliphatic carbocycles. The van der Waals surface area contributed by atoms with Gasteiger partial charge in [0, 0.05) is 47.7 Å². The van der Waals surface area contributed by atoms with Crippen LogP contribution in [0, 0.1) is 25.2 Å². The molecule has 7 nitrogen and oxygen atoms in total. The Morgan fingerprint density at radius 1 is 1.23 bits per heavy atom. The fourth-order valence-electron chi connectivity index (χ4n) is 3.27. The number of hydrogen-bond acceptors (Lipinski definition) is 7. The molecule has 8 heteroatoms. The number of benzene rings is 1. The first-order valence-corrected chi connectivity index (χ1v) is 10.3. The van der Waals surface area contributed by atoms with Crippen LogP contribution in [-0.2, 0) is 6.42 Å². The second-order valence-corrected chi connectivity index (χ2v) is 7.73. The van der Waals surface area contributed by atoms with Gasteiger partial charge in [0.05, 0.1) is 17.3 Å². The van der Waals surface area contributed by atoms with Crippen molar-refractivity contribution in [1.82, 2.24) is 19.7 Å². The zero-order valence-electron chi connectivity index (χ0n) is 16.6. The first-order valence-electron chi connectivity index (χ1n) is 9.44. The molecule has 3 heterocycles. The van der Waals surface area contributed by atoms with Crippen molar-refractivity contribution >= 4 is 22.8 Å². The second-order valence-electron chi connectivity index (χ2n) is 6.83. The van der Waals surface area contributed by atoms with Crippen LogP contribution < -0.4 is 5.32 Å². The molecule has 0 fully saturated rings. The predicted molar refractivity (Wildman–Crippen MR) is 117 cm³/mol. The van der Waals surface area contributed by atoms with Gasteiger partial charge in [0.1, 0.15) is 16.5 Å². The number of hydrogen-bond donors (Lipinski definition) is 2. The molecule has 0 amide bonds. The number of aliphatic hydroxyl groups is 1. The predicted octanol–water partition coefficient (Wildman–Crippen LogP) is 4.16. The van der Waals surface area contributed by atoms with Gasteiger partial charge >= 0.3 is 0 Å². The molecule has 0 aliphatic rings. The van der Waals surface area contributed by atoms with Gasteiger partial charge in [-0.15, -0.1) is 11.3 Å². The highest BCUT2D eigenvalue weighted by atomic mass is 32.1. The molecule has 0 saturated heterocycles. The molecule has 4 rings (SSSR count). The first kappa shape index (κ1) is 19.8. The van der Waals surface area contributed by atoms with Crippen LogP contribution in [0.1, 0.15) is 22.4 Å². The van der Waals surface area contributed by atoms with Crippen LogP contribution >= 0.6 is 11.3 Å². The minimum absolute atomic E-state index is 0.0145. The van der Waals surface area contributed by atoms with Gasteiger partial charge in [0.25, 0.3) is 0 Å². The van der Waals surface area contributed by atoms with E-state index in [0.29, 0.717) is 17.8 Å². The summed E-state index contributed by atoms with van der Waals surface area (Å²) in [6, 6.07) is 11.5. The van der Waals surface area contributed by atoms with Crippen molar-refractivity contribution in [3.63, 3.8) is 0 Å². The van der Waals surface area contributed by atoms with E-state index in [1.807, 2.05) is 49.7 Å². The monoisotopic (exact) mass is 416 g/mol. The third kappa shape index (κ3) is 3.94. The van der Waals surface area contributed by atoms with Gasteiger partial charge in [-0.3, -0.25) is 0 Å². The van der Waals surface area contributed by atoms with E-state index in [9.17, 15) is 5.11 Å². The van der Waals surface area contributed by atoms with Gasteiger partial charge < -0.3 is 10.4 Å². The van der Waals surface area contributed by atoms with E-state index < -0.39 is 0 Å².